The summed E-state index contributed by atoms with van der Waals surface area (Å²) in [5, 5.41) is 9.51. The molecule has 1 fully saturated rings. The second kappa shape index (κ2) is 10.5. The number of carbonyl (C=O) groups is 2. The van der Waals surface area contributed by atoms with E-state index >= 15 is 0 Å². The van der Waals surface area contributed by atoms with Crippen LogP contribution in [0.15, 0.2) is 16.8 Å². The molecule has 0 unspecified atom stereocenters. The van der Waals surface area contributed by atoms with Crippen LogP contribution in [0.2, 0.25) is 0 Å². The van der Waals surface area contributed by atoms with Crippen LogP contribution in [-0.2, 0) is 4.79 Å². The number of amides is 2. The van der Waals surface area contributed by atoms with Gasteiger partial charge in [-0.05, 0) is 62.7 Å². The quantitative estimate of drug-likeness (QED) is 0.672. The van der Waals surface area contributed by atoms with Gasteiger partial charge in [-0.15, -0.1) is 0 Å². The first-order chi connectivity index (χ1) is 11.6. The van der Waals surface area contributed by atoms with Crippen molar-refractivity contribution < 1.29 is 9.59 Å². The van der Waals surface area contributed by atoms with Crippen molar-refractivity contribution in [3.8, 4) is 0 Å². The Morgan fingerprint density at radius 1 is 1.21 bits per heavy atom. The summed E-state index contributed by atoms with van der Waals surface area (Å²) in [5.41, 5.74) is 0.691. The van der Waals surface area contributed by atoms with Crippen LogP contribution in [0.1, 0.15) is 49.4 Å². The Kier molecular flexibility index (Phi) is 8.25. The summed E-state index contributed by atoms with van der Waals surface area (Å²) in [6.45, 7) is 7.06. The highest BCUT2D eigenvalue weighted by molar-refractivity contribution is 7.08. The molecule has 0 atom stereocenters. The maximum absolute atomic E-state index is 11.8. The Morgan fingerprint density at radius 3 is 2.67 bits per heavy atom. The van der Waals surface area contributed by atoms with Gasteiger partial charge in [0.05, 0.1) is 0 Å². The zero-order valence-electron chi connectivity index (χ0n) is 14.6. The van der Waals surface area contributed by atoms with Gasteiger partial charge in [-0.2, -0.15) is 11.3 Å². The van der Waals surface area contributed by atoms with Crippen molar-refractivity contribution in [2.75, 3.05) is 32.7 Å². The van der Waals surface area contributed by atoms with E-state index in [-0.39, 0.29) is 11.8 Å². The Bertz CT molecular complexity index is 496. The van der Waals surface area contributed by atoms with Gasteiger partial charge in [0.2, 0.25) is 5.91 Å². The first-order valence-corrected chi connectivity index (χ1v) is 9.89. The summed E-state index contributed by atoms with van der Waals surface area (Å²) in [5.74, 6) is 0.876. The van der Waals surface area contributed by atoms with Crippen molar-refractivity contribution in [1.82, 2.24) is 15.5 Å². The summed E-state index contributed by atoms with van der Waals surface area (Å²) in [4.78, 5) is 26.0. The minimum absolute atomic E-state index is 0.0625. The number of hydrogen-bond acceptors (Lipinski definition) is 4. The topological polar surface area (TPSA) is 61.4 Å². The third-order valence-corrected chi connectivity index (χ3v) is 5.18. The van der Waals surface area contributed by atoms with Crippen LogP contribution >= 0.6 is 11.3 Å². The fourth-order valence-electron chi connectivity index (χ4n) is 2.85. The maximum atomic E-state index is 11.8. The fourth-order valence-corrected chi connectivity index (χ4v) is 3.49. The number of thiophene rings is 1. The van der Waals surface area contributed by atoms with E-state index in [2.05, 4.69) is 22.5 Å². The maximum Gasteiger partial charge on any atom is 0.252 e. The molecule has 1 aliphatic heterocycles. The summed E-state index contributed by atoms with van der Waals surface area (Å²) >= 11 is 1.51. The van der Waals surface area contributed by atoms with Crippen molar-refractivity contribution in [1.29, 1.82) is 0 Å². The lowest BCUT2D eigenvalue weighted by Gasteiger charge is -2.30. The van der Waals surface area contributed by atoms with Gasteiger partial charge in [-0.3, -0.25) is 9.59 Å². The summed E-state index contributed by atoms with van der Waals surface area (Å²) < 4.78 is 0. The van der Waals surface area contributed by atoms with E-state index in [0.29, 0.717) is 24.9 Å². The van der Waals surface area contributed by atoms with Crippen LogP contribution in [0.5, 0.6) is 0 Å². The van der Waals surface area contributed by atoms with Crippen molar-refractivity contribution in [3.05, 3.63) is 22.4 Å². The minimum Gasteiger partial charge on any atom is -0.356 e. The third-order valence-electron chi connectivity index (χ3n) is 4.50. The molecule has 2 heterocycles. The van der Waals surface area contributed by atoms with Gasteiger partial charge in [-0.25, -0.2) is 0 Å². The summed E-state index contributed by atoms with van der Waals surface area (Å²) in [6.07, 6.45) is 4.73. The van der Waals surface area contributed by atoms with E-state index in [1.807, 2.05) is 10.8 Å². The van der Waals surface area contributed by atoms with E-state index < -0.39 is 0 Å². The standard InChI is InChI=1S/C18H29N3O2S/c1-15-5-11-21(12-6-15)10-3-9-19-17(22)4-2-8-20-18(23)16-7-13-24-14-16/h7,13-15H,2-6,8-12H2,1H3,(H,19,22)(H,20,23). The van der Waals surface area contributed by atoms with E-state index in [1.54, 1.807) is 6.07 Å². The van der Waals surface area contributed by atoms with Crippen LogP contribution in [0, 0.1) is 5.92 Å². The third kappa shape index (κ3) is 7.01. The van der Waals surface area contributed by atoms with E-state index in [1.165, 1.54) is 37.3 Å². The molecule has 134 valence electrons. The number of carbonyl (C=O) groups excluding carboxylic acids is 2. The smallest absolute Gasteiger partial charge is 0.252 e. The van der Waals surface area contributed by atoms with Gasteiger partial charge < -0.3 is 15.5 Å². The van der Waals surface area contributed by atoms with Gasteiger partial charge in [0.25, 0.3) is 5.91 Å². The normalized spacial score (nSPS) is 16.0. The first-order valence-electron chi connectivity index (χ1n) is 8.94. The Morgan fingerprint density at radius 2 is 1.96 bits per heavy atom. The molecule has 1 aromatic rings. The monoisotopic (exact) mass is 351 g/mol. The van der Waals surface area contributed by atoms with Gasteiger partial charge in [-0.1, -0.05) is 6.92 Å². The zero-order valence-corrected chi connectivity index (χ0v) is 15.4. The molecule has 0 aliphatic carbocycles. The minimum atomic E-state index is -0.0625. The lowest BCUT2D eigenvalue weighted by Crippen LogP contribution is -2.35. The van der Waals surface area contributed by atoms with Crippen molar-refractivity contribution in [2.24, 2.45) is 5.92 Å². The van der Waals surface area contributed by atoms with Crippen LogP contribution in [0.3, 0.4) is 0 Å². The fraction of sp³-hybridized carbons (Fsp3) is 0.667. The van der Waals surface area contributed by atoms with Gasteiger partial charge in [0, 0.05) is 30.5 Å². The second-order valence-electron chi connectivity index (χ2n) is 6.60. The lowest BCUT2D eigenvalue weighted by molar-refractivity contribution is -0.121. The average molecular weight is 352 g/mol. The average Bonchev–Trinajstić information content (AvgIpc) is 3.12. The number of nitrogens with zero attached hydrogens (tertiary/aromatic N) is 1. The summed E-state index contributed by atoms with van der Waals surface area (Å²) in [7, 11) is 0. The lowest BCUT2D eigenvalue weighted by atomic mass is 9.99. The predicted octanol–water partition coefficient (Wildman–Crippen LogP) is 2.50. The molecule has 0 aromatic carbocycles. The molecule has 5 nitrogen and oxygen atoms in total. The van der Waals surface area contributed by atoms with Crippen molar-refractivity contribution >= 4 is 23.2 Å². The van der Waals surface area contributed by atoms with Crippen LogP contribution in [0.25, 0.3) is 0 Å². The van der Waals surface area contributed by atoms with Gasteiger partial charge >= 0.3 is 0 Å². The number of likely N-dealkylation sites (tertiary alicyclic amines) is 1. The number of nitrogens with one attached hydrogen (secondary N) is 2. The van der Waals surface area contributed by atoms with Gasteiger partial charge in [0.15, 0.2) is 0 Å². The van der Waals surface area contributed by atoms with Crippen molar-refractivity contribution in [2.45, 2.75) is 39.0 Å². The molecule has 0 radical (unpaired) electrons. The molecular weight excluding hydrogens is 322 g/mol. The molecule has 1 aromatic heterocycles. The van der Waals surface area contributed by atoms with Gasteiger partial charge in [0.1, 0.15) is 0 Å². The Labute approximate surface area is 148 Å². The first kappa shape index (κ1) is 18.9. The molecule has 6 heteroatoms. The van der Waals surface area contributed by atoms with Crippen LogP contribution in [-0.4, -0.2) is 49.4 Å². The molecule has 1 saturated heterocycles. The molecule has 0 saturated carbocycles. The largest absolute Gasteiger partial charge is 0.356 e. The molecule has 0 bridgehead atoms. The molecular formula is C18H29N3O2S. The van der Waals surface area contributed by atoms with E-state index in [9.17, 15) is 9.59 Å². The highest BCUT2D eigenvalue weighted by atomic mass is 32.1. The molecule has 2 rings (SSSR count). The Balaban J connectivity index is 1.44. The highest BCUT2D eigenvalue weighted by Gasteiger charge is 2.14. The highest BCUT2D eigenvalue weighted by Crippen LogP contribution is 2.15. The molecule has 0 spiro atoms. The van der Waals surface area contributed by atoms with E-state index in [4.69, 9.17) is 0 Å². The van der Waals surface area contributed by atoms with E-state index in [0.717, 1.165) is 25.4 Å². The van der Waals surface area contributed by atoms with Crippen molar-refractivity contribution in [3.63, 3.8) is 0 Å². The number of piperidine rings is 1. The second-order valence-corrected chi connectivity index (χ2v) is 7.38. The van der Waals surface area contributed by atoms with Crippen LogP contribution < -0.4 is 10.6 Å². The molecule has 2 N–H and O–H groups in total. The summed E-state index contributed by atoms with van der Waals surface area (Å²) in [6, 6.07) is 1.80. The SMILES string of the molecule is CC1CCN(CCCNC(=O)CCCNC(=O)c2ccsc2)CC1. The number of hydrogen-bond donors (Lipinski definition) is 2. The molecule has 1 aliphatic rings. The van der Waals surface area contributed by atoms with Crippen LogP contribution in [0.4, 0.5) is 0 Å². The molecule has 24 heavy (non-hydrogen) atoms. The predicted molar refractivity (Wildman–Crippen MR) is 98.4 cm³/mol. The zero-order chi connectivity index (χ0) is 17.2. The number of rotatable bonds is 9. The Hall–Kier alpha value is -1.40. The molecule has 2 amide bonds.